The lowest BCUT2D eigenvalue weighted by Crippen LogP contribution is -2.01. The number of halogens is 2. The smallest absolute Gasteiger partial charge is 0.196 e. The van der Waals surface area contributed by atoms with E-state index in [9.17, 15) is 8.78 Å². The van der Waals surface area contributed by atoms with Crippen molar-refractivity contribution in [3.8, 4) is 17.1 Å². The van der Waals surface area contributed by atoms with Gasteiger partial charge in [-0.1, -0.05) is 53.7 Å². The Hall–Kier alpha value is -2.99. The Morgan fingerprint density at radius 1 is 0.893 bits per heavy atom. The predicted octanol–water partition coefficient (Wildman–Crippen LogP) is 5.81. The Balaban J connectivity index is 1.76. The maximum atomic E-state index is 14.4. The molecule has 28 heavy (non-hydrogen) atoms. The maximum absolute atomic E-state index is 14.4. The molecule has 1 heterocycles. The highest BCUT2D eigenvalue weighted by Gasteiger charge is 2.18. The van der Waals surface area contributed by atoms with Gasteiger partial charge in [0.1, 0.15) is 11.6 Å². The molecule has 0 bridgehead atoms. The number of nitrogens with zero attached hydrogens (tertiary/aromatic N) is 3. The Morgan fingerprint density at radius 2 is 1.68 bits per heavy atom. The van der Waals surface area contributed by atoms with Crippen LogP contribution in [0.15, 0.2) is 78.0 Å². The highest BCUT2D eigenvalue weighted by Crippen LogP contribution is 2.31. The first-order valence-electron chi connectivity index (χ1n) is 8.76. The molecule has 0 spiro atoms. The summed E-state index contributed by atoms with van der Waals surface area (Å²) in [5.41, 5.74) is 3.19. The van der Waals surface area contributed by atoms with Gasteiger partial charge in [0.2, 0.25) is 0 Å². The Kier molecular flexibility index (Phi) is 5.21. The summed E-state index contributed by atoms with van der Waals surface area (Å²) in [5.74, 6) is 0.331. The molecule has 3 aromatic carbocycles. The van der Waals surface area contributed by atoms with Crippen LogP contribution in [0.1, 0.15) is 11.1 Å². The first-order chi connectivity index (χ1) is 13.6. The van der Waals surface area contributed by atoms with Gasteiger partial charge in [0.05, 0.1) is 5.56 Å². The van der Waals surface area contributed by atoms with Crippen molar-refractivity contribution in [2.24, 2.45) is 0 Å². The lowest BCUT2D eigenvalue weighted by Gasteiger charge is -2.11. The summed E-state index contributed by atoms with van der Waals surface area (Å²) in [4.78, 5) is 0. The van der Waals surface area contributed by atoms with Gasteiger partial charge in [0.15, 0.2) is 11.0 Å². The fourth-order valence-corrected chi connectivity index (χ4v) is 3.78. The van der Waals surface area contributed by atoms with Gasteiger partial charge in [-0.25, -0.2) is 8.78 Å². The number of hydrogen-bond acceptors (Lipinski definition) is 3. The van der Waals surface area contributed by atoms with Gasteiger partial charge in [0.25, 0.3) is 0 Å². The molecule has 0 aliphatic rings. The lowest BCUT2D eigenvalue weighted by molar-refractivity contribution is 0.626. The molecule has 0 saturated heterocycles. The summed E-state index contributed by atoms with van der Waals surface area (Å²) in [6.45, 7) is 2.01. The van der Waals surface area contributed by atoms with Crippen LogP contribution in [0.2, 0.25) is 0 Å². The maximum Gasteiger partial charge on any atom is 0.196 e. The average Bonchev–Trinajstić information content (AvgIpc) is 3.11. The summed E-state index contributed by atoms with van der Waals surface area (Å²) < 4.78 is 29.7. The Bertz CT molecular complexity index is 1110. The number of benzene rings is 3. The Morgan fingerprint density at radius 3 is 2.43 bits per heavy atom. The van der Waals surface area contributed by atoms with E-state index in [0.717, 1.165) is 16.8 Å². The zero-order valence-corrected chi connectivity index (χ0v) is 16.0. The van der Waals surface area contributed by atoms with E-state index in [4.69, 9.17) is 0 Å². The van der Waals surface area contributed by atoms with Gasteiger partial charge in [0, 0.05) is 11.4 Å². The van der Waals surface area contributed by atoms with Gasteiger partial charge in [-0.05, 0) is 48.9 Å². The van der Waals surface area contributed by atoms with Crippen molar-refractivity contribution in [1.82, 2.24) is 14.8 Å². The second kappa shape index (κ2) is 7.94. The summed E-state index contributed by atoms with van der Waals surface area (Å²) in [5, 5.41) is 9.16. The highest BCUT2D eigenvalue weighted by molar-refractivity contribution is 7.98. The fraction of sp³-hybridized carbons (Fsp3) is 0.0909. The highest BCUT2D eigenvalue weighted by atomic mass is 32.2. The number of rotatable bonds is 5. The van der Waals surface area contributed by atoms with E-state index >= 15 is 0 Å². The minimum atomic E-state index is -0.357. The van der Waals surface area contributed by atoms with Crippen molar-refractivity contribution in [2.75, 3.05) is 0 Å². The zero-order valence-electron chi connectivity index (χ0n) is 15.1. The van der Waals surface area contributed by atoms with Gasteiger partial charge < -0.3 is 0 Å². The fourth-order valence-electron chi connectivity index (χ4n) is 2.88. The van der Waals surface area contributed by atoms with Crippen LogP contribution in [0.25, 0.3) is 17.1 Å². The van der Waals surface area contributed by atoms with E-state index in [-0.39, 0.29) is 11.6 Å². The molecule has 0 amide bonds. The molecule has 4 aromatic rings. The first kappa shape index (κ1) is 18.4. The quantitative estimate of drug-likeness (QED) is 0.401. The van der Waals surface area contributed by atoms with E-state index < -0.39 is 0 Å². The molecule has 140 valence electrons. The number of aromatic nitrogens is 3. The van der Waals surface area contributed by atoms with Crippen LogP contribution in [0.5, 0.6) is 0 Å². The second-order valence-electron chi connectivity index (χ2n) is 6.38. The molecule has 0 N–H and O–H groups in total. The van der Waals surface area contributed by atoms with Crippen LogP contribution in [-0.2, 0) is 5.75 Å². The SMILES string of the molecule is Cc1ccc(-n2c(SCc3cccc(F)c3)nnc2-c2ccccc2F)cc1. The van der Waals surface area contributed by atoms with Crippen LogP contribution in [0.4, 0.5) is 8.78 Å². The van der Waals surface area contributed by atoms with Gasteiger partial charge in [-0.15, -0.1) is 10.2 Å². The molecular weight excluding hydrogens is 376 g/mol. The van der Waals surface area contributed by atoms with E-state index in [1.54, 1.807) is 24.3 Å². The summed E-state index contributed by atoms with van der Waals surface area (Å²) in [6.07, 6.45) is 0. The van der Waals surface area contributed by atoms with Crippen molar-refractivity contribution in [1.29, 1.82) is 0 Å². The van der Waals surface area contributed by atoms with Crippen molar-refractivity contribution in [2.45, 2.75) is 17.8 Å². The molecule has 1 aromatic heterocycles. The van der Waals surface area contributed by atoms with E-state index in [1.165, 1.54) is 30.0 Å². The predicted molar refractivity (Wildman–Crippen MR) is 107 cm³/mol. The first-order valence-corrected chi connectivity index (χ1v) is 9.75. The molecule has 3 nitrogen and oxygen atoms in total. The third-order valence-corrected chi connectivity index (χ3v) is 5.30. The Labute approximate surface area is 166 Å². The van der Waals surface area contributed by atoms with Crippen molar-refractivity contribution in [3.63, 3.8) is 0 Å². The largest absolute Gasteiger partial charge is 0.270 e. The van der Waals surface area contributed by atoms with Crippen LogP contribution >= 0.6 is 11.8 Å². The van der Waals surface area contributed by atoms with Crippen molar-refractivity contribution < 1.29 is 8.78 Å². The standard InChI is InChI=1S/C22H17F2N3S/c1-15-9-11-18(12-10-15)27-21(19-7-2-3-8-20(19)24)25-26-22(27)28-14-16-5-4-6-17(23)13-16/h2-13H,14H2,1H3. The van der Waals surface area contributed by atoms with Crippen molar-refractivity contribution in [3.05, 3.63) is 95.6 Å². The monoisotopic (exact) mass is 393 g/mol. The normalized spacial score (nSPS) is 11.0. The number of aryl methyl sites for hydroxylation is 1. The van der Waals surface area contributed by atoms with Crippen LogP contribution < -0.4 is 0 Å². The molecule has 0 radical (unpaired) electrons. The molecule has 0 fully saturated rings. The third-order valence-electron chi connectivity index (χ3n) is 4.30. The van der Waals surface area contributed by atoms with Crippen LogP contribution in [0.3, 0.4) is 0 Å². The summed E-state index contributed by atoms with van der Waals surface area (Å²) >= 11 is 1.43. The van der Waals surface area contributed by atoms with Crippen LogP contribution in [0, 0.1) is 18.6 Å². The van der Waals surface area contributed by atoms with Gasteiger partial charge in [-0.3, -0.25) is 4.57 Å². The van der Waals surface area contributed by atoms with E-state index in [2.05, 4.69) is 10.2 Å². The zero-order chi connectivity index (χ0) is 19.5. The number of thioether (sulfide) groups is 1. The van der Waals surface area contributed by atoms with Gasteiger partial charge in [-0.2, -0.15) is 0 Å². The third kappa shape index (κ3) is 3.82. The van der Waals surface area contributed by atoms with Crippen molar-refractivity contribution >= 4 is 11.8 Å². The minimum absolute atomic E-state index is 0.273. The summed E-state index contributed by atoms with van der Waals surface area (Å²) in [7, 11) is 0. The topological polar surface area (TPSA) is 30.7 Å². The summed E-state index contributed by atoms with van der Waals surface area (Å²) in [6, 6.07) is 20.8. The molecule has 0 aliphatic carbocycles. The molecule has 0 aliphatic heterocycles. The molecular formula is C22H17F2N3S. The molecule has 0 unspecified atom stereocenters. The average molecular weight is 393 g/mol. The van der Waals surface area contributed by atoms with E-state index in [1.807, 2.05) is 41.8 Å². The molecule has 4 rings (SSSR count). The lowest BCUT2D eigenvalue weighted by atomic mass is 10.2. The second-order valence-corrected chi connectivity index (χ2v) is 7.32. The minimum Gasteiger partial charge on any atom is -0.270 e. The van der Waals surface area contributed by atoms with Gasteiger partial charge >= 0.3 is 0 Å². The molecule has 6 heteroatoms. The van der Waals surface area contributed by atoms with Crippen LogP contribution in [-0.4, -0.2) is 14.8 Å². The molecule has 0 atom stereocenters. The molecule has 0 saturated carbocycles. The number of hydrogen-bond donors (Lipinski definition) is 0. The van der Waals surface area contributed by atoms with E-state index in [0.29, 0.717) is 22.3 Å².